The predicted molar refractivity (Wildman–Crippen MR) is 75.3 cm³/mol. The maximum Gasteiger partial charge on any atom is 0.319 e. The number of urea groups is 1. The molecule has 0 saturated heterocycles. The van der Waals surface area contributed by atoms with Crippen molar-refractivity contribution in [2.45, 2.75) is 26.3 Å². The van der Waals surface area contributed by atoms with Gasteiger partial charge in [-0.15, -0.1) is 0 Å². The van der Waals surface area contributed by atoms with Gasteiger partial charge < -0.3 is 14.9 Å². The molecule has 0 aliphatic heterocycles. The van der Waals surface area contributed by atoms with Gasteiger partial charge in [0.2, 0.25) is 0 Å². The molecule has 0 atom stereocenters. The summed E-state index contributed by atoms with van der Waals surface area (Å²) in [6.45, 7) is 2.77. The molecule has 0 aromatic carbocycles. The van der Waals surface area contributed by atoms with Gasteiger partial charge in [-0.05, 0) is 25.5 Å². The summed E-state index contributed by atoms with van der Waals surface area (Å²) in [5.74, 6) is -0.844. The molecule has 1 N–H and O–H groups in total. The van der Waals surface area contributed by atoms with Crippen LogP contribution in [0.15, 0.2) is 18.2 Å². The third-order valence-electron chi connectivity index (χ3n) is 2.88. The summed E-state index contributed by atoms with van der Waals surface area (Å²) < 4.78 is 0. The molecule has 0 aliphatic carbocycles. The number of pyridine rings is 1. The third kappa shape index (κ3) is 5.26. The highest BCUT2D eigenvalue weighted by Crippen LogP contribution is 2.05. The molecule has 1 aromatic rings. The van der Waals surface area contributed by atoms with Gasteiger partial charge in [-0.1, -0.05) is 6.07 Å². The minimum absolute atomic E-state index is 0.0702. The molecule has 0 spiro atoms. The first-order valence-corrected chi connectivity index (χ1v) is 6.50. The fourth-order valence-electron chi connectivity index (χ4n) is 1.85. The molecule has 0 bridgehead atoms. The third-order valence-corrected chi connectivity index (χ3v) is 2.88. The van der Waals surface area contributed by atoms with Crippen LogP contribution in [0.3, 0.4) is 0 Å². The van der Waals surface area contributed by atoms with E-state index in [4.69, 9.17) is 5.11 Å². The fourth-order valence-corrected chi connectivity index (χ4v) is 1.85. The second-order valence-electron chi connectivity index (χ2n) is 4.83. The second-order valence-corrected chi connectivity index (χ2v) is 4.83. The Morgan fingerprint density at radius 2 is 1.95 bits per heavy atom. The quantitative estimate of drug-likeness (QED) is 0.860. The smallest absolute Gasteiger partial charge is 0.319 e. The van der Waals surface area contributed by atoms with E-state index < -0.39 is 5.97 Å². The molecule has 2 amide bonds. The van der Waals surface area contributed by atoms with Crippen LogP contribution in [0.1, 0.15) is 24.2 Å². The van der Waals surface area contributed by atoms with Gasteiger partial charge in [0.05, 0.1) is 12.2 Å². The first kappa shape index (κ1) is 15.9. The summed E-state index contributed by atoms with van der Waals surface area (Å²) in [6, 6.07) is 5.55. The number of amides is 2. The number of aromatic nitrogens is 1. The number of carboxylic acid groups (broad SMARTS) is 1. The van der Waals surface area contributed by atoms with Crippen LogP contribution in [-0.4, -0.2) is 52.5 Å². The van der Waals surface area contributed by atoms with Crippen molar-refractivity contribution in [1.82, 2.24) is 14.8 Å². The minimum Gasteiger partial charge on any atom is -0.481 e. The average molecular weight is 279 g/mol. The van der Waals surface area contributed by atoms with Crippen molar-refractivity contribution >= 4 is 12.0 Å². The molecule has 0 saturated carbocycles. The molecule has 0 fully saturated rings. The van der Waals surface area contributed by atoms with Gasteiger partial charge in [0, 0.05) is 32.8 Å². The van der Waals surface area contributed by atoms with Crippen LogP contribution < -0.4 is 0 Å². The lowest BCUT2D eigenvalue weighted by atomic mass is 10.3. The Balaban J connectivity index is 2.47. The molecule has 110 valence electrons. The lowest BCUT2D eigenvalue weighted by molar-refractivity contribution is -0.137. The number of nitrogens with zero attached hydrogens (tertiary/aromatic N) is 3. The zero-order chi connectivity index (χ0) is 15.1. The molecule has 0 unspecified atom stereocenters. The standard InChI is InChI=1S/C14H21N3O3/c1-11-6-4-7-12(15-11)10-17(3)14(20)16(2)9-5-8-13(18)19/h4,6-7H,5,8-10H2,1-3H3,(H,18,19). The van der Waals surface area contributed by atoms with Crippen LogP contribution in [0.25, 0.3) is 0 Å². The van der Waals surface area contributed by atoms with Gasteiger partial charge in [0.1, 0.15) is 0 Å². The number of aryl methyl sites for hydroxylation is 1. The molecule has 6 nitrogen and oxygen atoms in total. The summed E-state index contributed by atoms with van der Waals surface area (Å²) in [4.78, 5) is 30.0. The number of carbonyl (C=O) groups excluding carboxylic acids is 1. The Hall–Kier alpha value is -2.11. The molecule has 0 radical (unpaired) electrons. The Labute approximate surface area is 119 Å². The van der Waals surface area contributed by atoms with E-state index in [2.05, 4.69) is 4.98 Å². The van der Waals surface area contributed by atoms with Gasteiger partial charge in [0.25, 0.3) is 0 Å². The highest BCUT2D eigenvalue weighted by atomic mass is 16.4. The molecule has 6 heteroatoms. The number of hydrogen-bond acceptors (Lipinski definition) is 3. The Morgan fingerprint density at radius 1 is 1.25 bits per heavy atom. The van der Waals surface area contributed by atoms with E-state index in [0.29, 0.717) is 19.5 Å². The lowest BCUT2D eigenvalue weighted by Crippen LogP contribution is -2.39. The summed E-state index contributed by atoms with van der Waals surface area (Å²) in [7, 11) is 3.38. The minimum atomic E-state index is -0.844. The van der Waals surface area contributed by atoms with Crippen molar-refractivity contribution in [3.05, 3.63) is 29.6 Å². The van der Waals surface area contributed by atoms with Crippen molar-refractivity contribution in [2.75, 3.05) is 20.6 Å². The molecular formula is C14H21N3O3. The molecule has 20 heavy (non-hydrogen) atoms. The van der Waals surface area contributed by atoms with Crippen LogP contribution >= 0.6 is 0 Å². The molecule has 1 rings (SSSR count). The Morgan fingerprint density at radius 3 is 2.55 bits per heavy atom. The number of carbonyl (C=O) groups is 2. The first-order chi connectivity index (χ1) is 9.40. The van der Waals surface area contributed by atoms with Crippen LogP contribution in [0.5, 0.6) is 0 Å². The van der Waals surface area contributed by atoms with Gasteiger partial charge >= 0.3 is 12.0 Å². The predicted octanol–water partition coefficient (Wildman–Crippen LogP) is 1.74. The fraction of sp³-hybridized carbons (Fsp3) is 0.500. The van der Waals surface area contributed by atoms with Crippen LogP contribution in [-0.2, 0) is 11.3 Å². The molecule has 1 aromatic heterocycles. The van der Waals surface area contributed by atoms with Crippen LogP contribution in [0, 0.1) is 6.92 Å². The highest BCUT2D eigenvalue weighted by molar-refractivity contribution is 5.74. The van der Waals surface area contributed by atoms with Gasteiger partial charge in [0.15, 0.2) is 0 Å². The highest BCUT2D eigenvalue weighted by Gasteiger charge is 2.14. The van der Waals surface area contributed by atoms with E-state index >= 15 is 0 Å². The van der Waals surface area contributed by atoms with Crippen LogP contribution in [0.2, 0.25) is 0 Å². The summed E-state index contributed by atoms with van der Waals surface area (Å²) in [5.41, 5.74) is 1.75. The number of hydrogen-bond donors (Lipinski definition) is 1. The second kappa shape index (κ2) is 7.47. The van der Waals surface area contributed by atoms with E-state index in [9.17, 15) is 9.59 Å². The van der Waals surface area contributed by atoms with Crippen molar-refractivity contribution in [3.63, 3.8) is 0 Å². The Kier molecular flexibility index (Phi) is 5.96. The molecular weight excluding hydrogens is 258 g/mol. The van der Waals surface area contributed by atoms with Crippen molar-refractivity contribution in [1.29, 1.82) is 0 Å². The number of aliphatic carboxylic acids is 1. The average Bonchev–Trinajstić information content (AvgIpc) is 2.37. The van der Waals surface area contributed by atoms with E-state index in [0.717, 1.165) is 11.4 Å². The SMILES string of the molecule is Cc1cccc(CN(C)C(=O)N(C)CCCC(=O)O)n1. The van der Waals surface area contributed by atoms with E-state index in [-0.39, 0.29) is 12.5 Å². The summed E-state index contributed by atoms with van der Waals surface area (Å²) in [5, 5.41) is 8.57. The van der Waals surface area contributed by atoms with Crippen molar-refractivity contribution in [2.24, 2.45) is 0 Å². The zero-order valence-corrected chi connectivity index (χ0v) is 12.2. The van der Waals surface area contributed by atoms with E-state index in [1.165, 1.54) is 4.90 Å². The van der Waals surface area contributed by atoms with E-state index in [1.807, 2.05) is 25.1 Å². The van der Waals surface area contributed by atoms with Gasteiger partial charge in [-0.2, -0.15) is 0 Å². The first-order valence-electron chi connectivity index (χ1n) is 6.50. The van der Waals surface area contributed by atoms with Gasteiger partial charge in [-0.25, -0.2) is 4.79 Å². The maximum absolute atomic E-state index is 12.1. The largest absolute Gasteiger partial charge is 0.481 e. The van der Waals surface area contributed by atoms with Crippen molar-refractivity contribution in [3.8, 4) is 0 Å². The maximum atomic E-state index is 12.1. The van der Waals surface area contributed by atoms with Crippen LogP contribution in [0.4, 0.5) is 4.79 Å². The number of carboxylic acids is 1. The lowest BCUT2D eigenvalue weighted by Gasteiger charge is -2.24. The summed E-state index contributed by atoms with van der Waals surface area (Å²) >= 11 is 0. The van der Waals surface area contributed by atoms with E-state index in [1.54, 1.807) is 19.0 Å². The van der Waals surface area contributed by atoms with Crippen molar-refractivity contribution < 1.29 is 14.7 Å². The summed E-state index contributed by atoms with van der Waals surface area (Å²) in [6.07, 6.45) is 0.523. The monoisotopic (exact) mass is 279 g/mol. The normalized spacial score (nSPS) is 10.2. The molecule has 0 aliphatic rings. The Bertz CT molecular complexity index is 476. The number of rotatable bonds is 6. The zero-order valence-electron chi connectivity index (χ0n) is 12.2. The molecule has 1 heterocycles. The topological polar surface area (TPSA) is 73.7 Å². The van der Waals surface area contributed by atoms with Gasteiger partial charge in [-0.3, -0.25) is 9.78 Å².